The highest BCUT2D eigenvalue weighted by Gasteiger charge is 2.60. The van der Waals surface area contributed by atoms with Gasteiger partial charge < -0.3 is 45.2 Å². The fourth-order valence-corrected chi connectivity index (χ4v) is 6.98. The zero-order chi connectivity index (χ0) is 27.8. The lowest BCUT2D eigenvalue weighted by atomic mass is 9.55. The normalized spacial score (nSPS) is 44.2. The minimum Gasteiger partial charge on any atom is -0.394 e. The minimum absolute atomic E-state index is 0.0706. The van der Waals surface area contributed by atoms with Gasteiger partial charge in [-0.05, 0) is 66.4 Å². The number of hydrogen-bond donors (Lipinski definition) is 7. The average molecular weight is 529 g/mol. The Morgan fingerprint density at radius 1 is 0.973 bits per heavy atom. The second-order valence-electron chi connectivity index (χ2n) is 12.6. The van der Waals surface area contributed by atoms with Gasteiger partial charge >= 0.3 is 0 Å². The second kappa shape index (κ2) is 11.7. The summed E-state index contributed by atoms with van der Waals surface area (Å²) >= 11 is 0. The Hall–Kier alpha value is -0.880. The first kappa shape index (κ1) is 30.7. The van der Waals surface area contributed by atoms with Crippen LogP contribution in [0.1, 0.15) is 66.2 Å². The molecule has 9 heteroatoms. The average Bonchev–Trinajstić information content (AvgIpc) is 3.14. The van der Waals surface area contributed by atoms with Crippen molar-refractivity contribution in [3.8, 4) is 0 Å². The first-order valence-corrected chi connectivity index (χ1v) is 13.5. The van der Waals surface area contributed by atoms with E-state index in [2.05, 4.69) is 34.3 Å². The van der Waals surface area contributed by atoms with Crippen LogP contribution < -0.4 is 0 Å². The third-order valence-electron chi connectivity index (χ3n) is 9.86. The first-order chi connectivity index (χ1) is 17.2. The predicted octanol–water partition coefficient (Wildman–Crippen LogP) is 1.02. The Balaban J connectivity index is 1.87. The molecule has 7 N–H and O–H groups in total. The van der Waals surface area contributed by atoms with Gasteiger partial charge in [0.15, 0.2) is 6.29 Å². The van der Waals surface area contributed by atoms with Crippen LogP contribution in [0.3, 0.4) is 0 Å². The molecule has 0 aromatic rings. The van der Waals surface area contributed by atoms with E-state index in [4.69, 9.17) is 9.47 Å². The zero-order valence-electron chi connectivity index (χ0n) is 22.7. The van der Waals surface area contributed by atoms with Crippen LogP contribution in [0.4, 0.5) is 0 Å². The summed E-state index contributed by atoms with van der Waals surface area (Å²) in [5, 5.41) is 72.1. The topological polar surface area (TPSA) is 160 Å². The Labute approximate surface area is 220 Å². The molecule has 0 spiro atoms. The van der Waals surface area contributed by atoms with Crippen molar-refractivity contribution < 1.29 is 45.2 Å². The number of aliphatic hydroxyl groups excluding tert-OH is 7. The van der Waals surface area contributed by atoms with Crippen LogP contribution in [-0.4, -0.2) is 98.5 Å². The van der Waals surface area contributed by atoms with Crippen molar-refractivity contribution in [2.75, 3.05) is 19.8 Å². The smallest absolute Gasteiger partial charge is 0.186 e. The molecule has 0 bridgehead atoms. The molecule has 0 radical (unpaired) electrons. The molecule has 214 valence electrons. The van der Waals surface area contributed by atoms with Crippen molar-refractivity contribution >= 4 is 0 Å². The number of aliphatic hydroxyl groups is 7. The van der Waals surface area contributed by atoms with Gasteiger partial charge in [0, 0.05) is 5.41 Å². The molecule has 0 amide bonds. The molecular formula is C28H48O9. The van der Waals surface area contributed by atoms with Crippen LogP contribution in [-0.2, 0) is 9.47 Å². The van der Waals surface area contributed by atoms with Gasteiger partial charge in [0.1, 0.15) is 24.4 Å². The fraction of sp³-hybridized carbons (Fsp3) is 0.857. The molecule has 10 unspecified atom stereocenters. The molecule has 0 aromatic heterocycles. The van der Waals surface area contributed by atoms with E-state index in [1.165, 1.54) is 0 Å². The third kappa shape index (κ3) is 5.85. The van der Waals surface area contributed by atoms with Crippen molar-refractivity contribution in [1.82, 2.24) is 0 Å². The Bertz CT molecular complexity index is 826. The quantitative estimate of drug-likeness (QED) is 0.250. The summed E-state index contributed by atoms with van der Waals surface area (Å²) in [6.07, 6.45) is -2.56. The number of hydrogen-bond acceptors (Lipinski definition) is 9. The van der Waals surface area contributed by atoms with Crippen molar-refractivity contribution in [1.29, 1.82) is 0 Å². The predicted molar refractivity (Wildman–Crippen MR) is 137 cm³/mol. The fourth-order valence-electron chi connectivity index (χ4n) is 6.98. The molecule has 1 heterocycles. The molecule has 2 aliphatic carbocycles. The zero-order valence-corrected chi connectivity index (χ0v) is 22.7. The first-order valence-electron chi connectivity index (χ1n) is 13.5. The van der Waals surface area contributed by atoms with E-state index in [0.717, 1.165) is 18.4 Å². The lowest BCUT2D eigenvalue weighted by molar-refractivity contribution is -0.307. The molecular weight excluding hydrogens is 480 g/mol. The van der Waals surface area contributed by atoms with Gasteiger partial charge in [-0.25, -0.2) is 0 Å². The summed E-state index contributed by atoms with van der Waals surface area (Å²) < 4.78 is 11.5. The second-order valence-corrected chi connectivity index (χ2v) is 12.6. The summed E-state index contributed by atoms with van der Waals surface area (Å²) in [6.45, 7) is 12.0. The van der Waals surface area contributed by atoms with Gasteiger partial charge in [-0.2, -0.15) is 0 Å². The molecule has 37 heavy (non-hydrogen) atoms. The molecule has 1 aliphatic heterocycles. The van der Waals surface area contributed by atoms with Crippen LogP contribution in [0, 0.1) is 22.2 Å². The molecule has 0 aromatic carbocycles. The van der Waals surface area contributed by atoms with Crippen molar-refractivity contribution in [3.05, 3.63) is 23.8 Å². The minimum atomic E-state index is -1.51. The number of fused-ring (bicyclic) bond motifs is 1. The summed E-state index contributed by atoms with van der Waals surface area (Å²) in [5.41, 5.74) is 0.110. The maximum atomic E-state index is 11.5. The maximum Gasteiger partial charge on any atom is 0.186 e. The van der Waals surface area contributed by atoms with E-state index >= 15 is 0 Å². The SMILES string of the molecule is C=C1CCC2(C)C(C(C)(C)COC3OC(CO)C(O)C(O)C3O)CCC2(C)C(O)C=C(CO)CCC1O. The Morgan fingerprint density at radius 2 is 1.65 bits per heavy atom. The highest BCUT2D eigenvalue weighted by molar-refractivity contribution is 5.19. The van der Waals surface area contributed by atoms with Gasteiger partial charge in [0.05, 0.1) is 32.0 Å². The monoisotopic (exact) mass is 528 g/mol. The van der Waals surface area contributed by atoms with Crippen molar-refractivity contribution in [2.45, 2.75) is 109 Å². The van der Waals surface area contributed by atoms with Gasteiger partial charge in [-0.1, -0.05) is 40.3 Å². The molecule has 1 saturated heterocycles. The summed E-state index contributed by atoms with van der Waals surface area (Å²) in [6, 6.07) is 0. The van der Waals surface area contributed by atoms with Gasteiger partial charge in [0.2, 0.25) is 0 Å². The standard InChI is InChI=1S/C28H48O9/c1-16-8-10-27(4)20(9-11-28(27,5)21(32)12-17(13-29)6-7-18(16)31)26(2,3)15-36-25-24(35)23(34)22(33)19(14-30)37-25/h12,18-25,29-35H,1,6-11,13-15H2,2-5H3. The van der Waals surface area contributed by atoms with Crippen molar-refractivity contribution in [2.24, 2.45) is 22.2 Å². The van der Waals surface area contributed by atoms with Crippen LogP contribution in [0.25, 0.3) is 0 Å². The summed E-state index contributed by atoms with van der Waals surface area (Å²) in [7, 11) is 0. The molecule has 3 aliphatic rings. The third-order valence-corrected chi connectivity index (χ3v) is 9.86. The summed E-state index contributed by atoms with van der Waals surface area (Å²) in [5.74, 6) is 0.0706. The van der Waals surface area contributed by atoms with E-state index in [-0.39, 0.29) is 19.1 Å². The Kier molecular flexibility index (Phi) is 9.69. The van der Waals surface area contributed by atoms with Gasteiger partial charge in [-0.3, -0.25) is 0 Å². The van der Waals surface area contributed by atoms with Crippen LogP contribution >= 0.6 is 0 Å². The molecule has 9 nitrogen and oxygen atoms in total. The van der Waals surface area contributed by atoms with Gasteiger partial charge in [-0.15, -0.1) is 0 Å². The van der Waals surface area contributed by atoms with Crippen LogP contribution in [0.2, 0.25) is 0 Å². The highest BCUT2D eigenvalue weighted by atomic mass is 16.7. The summed E-state index contributed by atoms with van der Waals surface area (Å²) in [4.78, 5) is 0. The number of ether oxygens (including phenoxy) is 2. The highest BCUT2D eigenvalue weighted by Crippen LogP contribution is 2.65. The largest absolute Gasteiger partial charge is 0.394 e. The maximum absolute atomic E-state index is 11.5. The molecule has 10 atom stereocenters. The van der Waals surface area contributed by atoms with Gasteiger partial charge in [0.25, 0.3) is 0 Å². The lowest BCUT2D eigenvalue weighted by Crippen LogP contribution is -2.59. The molecule has 1 saturated carbocycles. The molecule has 3 rings (SSSR count). The van der Waals surface area contributed by atoms with Crippen LogP contribution in [0.5, 0.6) is 0 Å². The molecule has 2 fully saturated rings. The number of rotatable bonds is 6. The van der Waals surface area contributed by atoms with E-state index in [0.29, 0.717) is 31.3 Å². The van der Waals surface area contributed by atoms with E-state index in [9.17, 15) is 35.7 Å². The Morgan fingerprint density at radius 3 is 2.27 bits per heavy atom. The van der Waals surface area contributed by atoms with Crippen molar-refractivity contribution in [3.63, 3.8) is 0 Å². The lowest BCUT2D eigenvalue weighted by Gasteiger charge is -2.51. The van der Waals surface area contributed by atoms with E-state index in [1.807, 2.05) is 0 Å². The van der Waals surface area contributed by atoms with Crippen LogP contribution in [0.15, 0.2) is 23.8 Å². The van der Waals surface area contributed by atoms with E-state index < -0.39 is 65.8 Å². The van der Waals surface area contributed by atoms with E-state index in [1.54, 1.807) is 6.08 Å².